The highest BCUT2D eigenvalue weighted by Gasteiger charge is 2.34. The van der Waals surface area contributed by atoms with Crippen LogP contribution in [0.15, 0.2) is 29.2 Å². The molecule has 0 N–H and O–H groups in total. The molecule has 1 saturated heterocycles. The van der Waals surface area contributed by atoms with E-state index in [0.717, 1.165) is 0 Å². The van der Waals surface area contributed by atoms with Gasteiger partial charge in [0.1, 0.15) is 0 Å². The Morgan fingerprint density at radius 3 is 2.45 bits per heavy atom. The van der Waals surface area contributed by atoms with Crippen LogP contribution in [-0.2, 0) is 9.84 Å². The second-order valence-electron chi connectivity index (χ2n) is 5.05. The van der Waals surface area contributed by atoms with Gasteiger partial charge in [-0.15, -0.1) is 0 Å². The van der Waals surface area contributed by atoms with Crippen molar-refractivity contribution in [1.29, 1.82) is 0 Å². The van der Waals surface area contributed by atoms with Gasteiger partial charge in [-0.1, -0.05) is 11.8 Å². The van der Waals surface area contributed by atoms with E-state index < -0.39 is 15.6 Å². The maximum atomic E-state index is 12.5. The Balaban J connectivity index is 2.11. The second-order valence-corrected chi connectivity index (χ2v) is 8.34. The molecule has 1 aromatic rings. The first-order valence-electron chi connectivity index (χ1n) is 6.88. The molecule has 22 heavy (non-hydrogen) atoms. The van der Waals surface area contributed by atoms with E-state index in [-0.39, 0.29) is 23.5 Å². The number of amides is 1. The Morgan fingerprint density at radius 1 is 1.36 bits per heavy atom. The summed E-state index contributed by atoms with van der Waals surface area (Å²) in [6.45, 7) is 2.20. The predicted octanol–water partition coefficient (Wildman–Crippen LogP) is 2.65. The van der Waals surface area contributed by atoms with E-state index in [1.807, 2.05) is 0 Å². The zero-order valence-electron chi connectivity index (χ0n) is 12.0. The summed E-state index contributed by atoms with van der Waals surface area (Å²) >= 11 is 0.421. The number of benzene rings is 1. The van der Waals surface area contributed by atoms with Gasteiger partial charge in [-0.3, -0.25) is 4.79 Å². The summed E-state index contributed by atoms with van der Waals surface area (Å²) in [5.74, 6) is -2.67. The first-order valence-corrected chi connectivity index (χ1v) is 9.59. The van der Waals surface area contributed by atoms with Gasteiger partial charge in [-0.25, -0.2) is 8.42 Å². The van der Waals surface area contributed by atoms with Crippen molar-refractivity contribution in [2.75, 3.05) is 18.1 Å². The molecule has 1 atom stereocenters. The molecule has 0 aromatic heterocycles. The molecule has 2 rings (SSSR count). The number of thioether (sulfide) groups is 1. The molecular weight excluding hydrogens is 332 g/mol. The van der Waals surface area contributed by atoms with Crippen molar-refractivity contribution in [1.82, 2.24) is 4.90 Å². The third kappa shape index (κ3) is 4.19. The van der Waals surface area contributed by atoms with Gasteiger partial charge in [0.15, 0.2) is 9.84 Å². The molecule has 1 fully saturated rings. The smallest absolute Gasteiger partial charge is 0.288 e. The average Bonchev–Trinajstić information content (AvgIpc) is 2.80. The van der Waals surface area contributed by atoms with Crippen molar-refractivity contribution in [2.24, 2.45) is 0 Å². The third-order valence-electron chi connectivity index (χ3n) is 3.58. The van der Waals surface area contributed by atoms with Crippen LogP contribution in [0.25, 0.3) is 0 Å². The van der Waals surface area contributed by atoms with Crippen LogP contribution >= 0.6 is 11.8 Å². The van der Waals surface area contributed by atoms with Crippen molar-refractivity contribution in [3.05, 3.63) is 29.8 Å². The summed E-state index contributed by atoms with van der Waals surface area (Å²) in [5.41, 5.74) is 0.379. The standard InChI is InChI=1S/C14H17F2NO3S2/c1-2-17(11-7-8-22(19,20)9-11)13(18)10-3-5-12(6-4-10)21-14(15)16/h3-6,11,14H,2,7-9H2,1H3. The zero-order valence-corrected chi connectivity index (χ0v) is 13.7. The summed E-state index contributed by atoms with van der Waals surface area (Å²) in [5, 5.41) is 0. The molecule has 4 nitrogen and oxygen atoms in total. The molecule has 0 bridgehead atoms. The van der Waals surface area contributed by atoms with Crippen molar-refractivity contribution in [3.63, 3.8) is 0 Å². The lowest BCUT2D eigenvalue weighted by Crippen LogP contribution is -2.40. The van der Waals surface area contributed by atoms with Crippen LogP contribution in [-0.4, -0.2) is 49.1 Å². The summed E-state index contributed by atoms with van der Waals surface area (Å²) in [6.07, 6.45) is 0.446. The van der Waals surface area contributed by atoms with Crippen LogP contribution in [0.5, 0.6) is 0 Å². The largest absolute Gasteiger partial charge is 0.335 e. The van der Waals surface area contributed by atoms with E-state index in [1.54, 1.807) is 11.8 Å². The van der Waals surface area contributed by atoms with Crippen LogP contribution in [0.1, 0.15) is 23.7 Å². The van der Waals surface area contributed by atoms with E-state index in [0.29, 0.717) is 35.2 Å². The quantitative estimate of drug-likeness (QED) is 0.767. The Bertz CT molecular complexity index is 632. The minimum Gasteiger partial charge on any atom is -0.335 e. The van der Waals surface area contributed by atoms with Crippen molar-refractivity contribution in [3.8, 4) is 0 Å². The molecule has 0 radical (unpaired) electrons. The van der Waals surface area contributed by atoms with E-state index in [2.05, 4.69) is 0 Å². The van der Waals surface area contributed by atoms with E-state index >= 15 is 0 Å². The van der Waals surface area contributed by atoms with E-state index in [4.69, 9.17) is 0 Å². The SMILES string of the molecule is CCN(C(=O)c1ccc(SC(F)F)cc1)C1CCS(=O)(=O)C1. The molecule has 122 valence electrons. The van der Waals surface area contributed by atoms with Crippen LogP contribution in [0.4, 0.5) is 8.78 Å². The summed E-state index contributed by atoms with van der Waals surface area (Å²) in [4.78, 5) is 14.4. The predicted molar refractivity (Wildman–Crippen MR) is 82.1 cm³/mol. The van der Waals surface area contributed by atoms with Gasteiger partial charge < -0.3 is 4.90 Å². The Morgan fingerprint density at radius 2 is 2.00 bits per heavy atom. The number of rotatable bonds is 5. The number of halogens is 2. The number of sulfone groups is 1. The molecule has 0 spiro atoms. The number of hydrogen-bond donors (Lipinski definition) is 0. The summed E-state index contributed by atoms with van der Waals surface area (Å²) in [6, 6.07) is 5.64. The van der Waals surface area contributed by atoms with Gasteiger partial charge in [-0.05, 0) is 37.6 Å². The number of carbonyl (C=O) groups excluding carboxylic acids is 1. The Labute approximate surface area is 132 Å². The van der Waals surface area contributed by atoms with E-state index in [9.17, 15) is 22.0 Å². The molecule has 1 amide bonds. The van der Waals surface area contributed by atoms with Crippen LogP contribution in [0.2, 0.25) is 0 Å². The first kappa shape index (κ1) is 17.2. The van der Waals surface area contributed by atoms with Gasteiger partial charge >= 0.3 is 0 Å². The minimum atomic E-state index is -3.07. The fourth-order valence-electron chi connectivity index (χ4n) is 2.53. The van der Waals surface area contributed by atoms with Crippen molar-refractivity contribution >= 4 is 27.5 Å². The summed E-state index contributed by atoms with van der Waals surface area (Å²) in [7, 11) is -3.07. The highest BCUT2D eigenvalue weighted by atomic mass is 32.2. The fourth-order valence-corrected chi connectivity index (χ4v) is 4.76. The topological polar surface area (TPSA) is 54.5 Å². The maximum Gasteiger partial charge on any atom is 0.288 e. The Kier molecular flexibility index (Phi) is 5.44. The number of carbonyl (C=O) groups is 1. The summed E-state index contributed by atoms with van der Waals surface area (Å²) < 4.78 is 47.7. The lowest BCUT2D eigenvalue weighted by molar-refractivity contribution is 0.0708. The van der Waals surface area contributed by atoms with Gasteiger partial charge in [0.25, 0.3) is 11.7 Å². The Hall–Kier alpha value is -1.15. The molecule has 1 unspecified atom stereocenters. The minimum absolute atomic E-state index is 0.00804. The second kappa shape index (κ2) is 6.95. The fraction of sp³-hybridized carbons (Fsp3) is 0.500. The third-order valence-corrected chi connectivity index (χ3v) is 6.05. The van der Waals surface area contributed by atoms with Crippen LogP contribution < -0.4 is 0 Å². The molecule has 1 aliphatic rings. The van der Waals surface area contributed by atoms with Gasteiger partial charge in [0, 0.05) is 23.0 Å². The molecule has 0 saturated carbocycles. The molecular formula is C14H17F2NO3S2. The number of hydrogen-bond acceptors (Lipinski definition) is 4. The van der Waals surface area contributed by atoms with Crippen molar-refractivity contribution in [2.45, 2.75) is 30.0 Å². The number of nitrogens with zero attached hydrogens (tertiary/aromatic N) is 1. The average molecular weight is 349 g/mol. The number of alkyl halides is 2. The van der Waals surface area contributed by atoms with Crippen molar-refractivity contribution < 1.29 is 22.0 Å². The molecule has 1 aliphatic heterocycles. The van der Waals surface area contributed by atoms with Gasteiger partial charge in [0.2, 0.25) is 0 Å². The molecule has 1 heterocycles. The molecule has 0 aliphatic carbocycles. The van der Waals surface area contributed by atoms with Gasteiger partial charge in [-0.2, -0.15) is 8.78 Å². The lowest BCUT2D eigenvalue weighted by Gasteiger charge is -2.27. The highest BCUT2D eigenvalue weighted by molar-refractivity contribution is 7.99. The highest BCUT2D eigenvalue weighted by Crippen LogP contribution is 2.26. The first-order chi connectivity index (χ1) is 10.3. The van der Waals surface area contributed by atoms with Crippen LogP contribution in [0, 0.1) is 0 Å². The maximum absolute atomic E-state index is 12.5. The zero-order chi connectivity index (χ0) is 16.3. The van der Waals surface area contributed by atoms with Gasteiger partial charge in [0.05, 0.1) is 11.5 Å². The molecule has 8 heteroatoms. The monoisotopic (exact) mass is 349 g/mol. The van der Waals surface area contributed by atoms with Crippen LogP contribution in [0.3, 0.4) is 0 Å². The normalized spacial score (nSPS) is 20.3. The van der Waals surface area contributed by atoms with E-state index in [1.165, 1.54) is 24.3 Å². The lowest BCUT2D eigenvalue weighted by atomic mass is 10.1. The molecule has 1 aromatic carbocycles.